The molecule has 0 saturated carbocycles. The Kier molecular flexibility index (Phi) is 6.46. The Morgan fingerprint density at radius 2 is 1.94 bits per heavy atom. The van der Waals surface area contributed by atoms with E-state index in [0.29, 0.717) is 6.42 Å². The molecule has 0 fully saturated rings. The van der Waals surface area contributed by atoms with Gasteiger partial charge >= 0.3 is 6.18 Å². The summed E-state index contributed by atoms with van der Waals surface area (Å²) in [5.74, 6) is -0.358. The minimum atomic E-state index is -4.43. The van der Waals surface area contributed by atoms with Gasteiger partial charge in [-0.25, -0.2) is 0 Å². The number of pyridine rings is 1. The van der Waals surface area contributed by atoms with E-state index >= 15 is 0 Å². The standard InChI is InChI=1S/C10H10F3NO.C2H6/c1-2-3-9(15)8-6-7(4-5-14-8)10(11,12)13;1-2/h4-6H,2-3H2,1H3;1-2H3. The van der Waals surface area contributed by atoms with Crippen molar-refractivity contribution >= 4 is 5.78 Å². The molecule has 0 spiro atoms. The summed E-state index contributed by atoms with van der Waals surface area (Å²) in [5, 5.41) is 0. The third kappa shape index (κ3) is 4.97. The lowest BCUT2D eigenvalue weighted by Gasteiger charge is -2.06. The van der Waals surface area contributed by atoms with Crippen LogP contribution in [0.3, 0.4) is 0 Å². The van der Waals surface area contributed by atoms with Crippen molar-refractivity contribution < 1.29 is 18.0 Å². The second kappa shape index (κ2) is 7.04. The molecule has 1 aromatic heterocycles. The minimum absolute atomic E-state index is 0.119. The first-order valence-corrected chi connectivity index (χ1v) is 5.51. The molecule has 2 nitrogen and oxygen atoms in total. The summed E-state index contributed by atoms with van der Waals surface area (Å²) in [7, 11) is 0. The van der Waals surface area contributed by atoms with Crippen LogP contribution >= 0.6 is 0 Å². The average Bonchev–Trinajstić information content (AvgIpc) is 2.31. The van der Waals surface area contributed by atoms with E-state index < -0.39 is 11.7 Å². The lowest BCUT2D eigenvalue weighted by atomic mass is 10.1. The molecule has 96 valence electrons. The molecule has 0 N–H and O–H groups in total. The van der Waals surface area contributed by atoms with Crippen LogP contribution in [0.15, 0.2) is 18.3 Å². The van der Waals surface area contributed by atoms with Gasteiger partial charge < -0.3 is 0 Å². The SMILES string of the molecule is CC.CCCC(=O)c1cc(C(F)(F)F)ccn1. The number of nitrogens with zero attached hydrogens (tertiary/aromatic N) is 1. The van der Waals surface area contributed by atoms with E-state index in [9.17, 15) is 18.0 Å². The highest BCUT2D eigenvalue weighted by atomic mass is 19.4. The van der Waals surface area contributed by atoms with Gasteiger partial charge in [0.1, 0.15) is 5.69 Å². The van der Waals surface area contributed by atoms with E-state index in [4.69, 9.17) is 0 Å². The molecule has 0 aliphatic carbocycles. The number of carbonyl (C=O) groups excluding carboxylic acids is 1. The van der Waals surface area contributed by atoms with Gasteiger partial charge in [-0.05, 0) is 18.6 Å². The smallest absolute Gasteiger partial charge is 0.292 e. The van der Waals surface area contributed by atoms with Crippen LogP contribution in [0.2, 0.25) is 0 Å². The molecule has 0 amide bonds. The summed E-state index contributed by atoms with van der Waals surface area (Å²) in [6, 6.07) is 1.64. The number of ketones is 1. The zero-order valence-electron chi connectivity index (χ0n) is 10.1. The zero-order chi connectivity index (χ0) is 13.5. The molecule has 0 aliphatic rings. The number of hydrogen-bond donors (Lipinski definition) is 0. The first-order valence-electron chi connectivity index (χ1n) is 5.51. The summed E-state index contributed by atoms with van der Waals surface area (Å²) >= 11 is 0. The first kappa shape index (κ1) is 15.6. The summed E-state index contributed by atoms with van der Waals surface area (Å²) in [4.78, 5) is 14.9. The van der Waals surface area contributed by atoms with Crippen molar-refractivity contribution in [2.75, 3.05) is 0 Å². The molecule has 5 heteroatoms. The normalized spacial score (nSPS) is 10.5. The predicted molar refractivity (Wildman–Crippen MR) is 59.8 cm³/mol. The van der Waals surface area contributed by atoms with Crippen molar-refractivity contribution in [2.45, 2.75) is 39.8 Å². The fourth-order valence-corrected chi connectivity index (χ4v) is 1.11. The summed E-state index contributed by atoms with van der Waals surface area (Å²) in [6.45, 7) is 5.78. The number of aromatic nitrogens is 1. The Bertz CT molecular complexity index is 361. The van der Waals surface area contributed by atoms with Gasteiger partial charge in [0.2, 0.25) is 0 Å². The molecule has 0 unspecified atom stereocenters. The number of alkyl halides is 3. The molecule has 0 aromatic carbocycles. The molecule has 0 aliphatic heterocycles. The van der Waals surface area contributed by atoms with Crippen LogP contribution in [0.4, 0.5) is 13.2 Å². The van der Waals surface area contributed by atoms with Gasteiger partial charge in [-0.15, -0.1) is 0 Å². The molecule has 17 heavy (non-hydrogen) atoms. The number of carbonyl (C=O) groups is 1. The number of Topliss-reactive ketones (excluding diaryl/α,β-unsaturated/α-hetero) is 1. The van der Waals surface area contributed by atoms with Crippen LogP contribution in [0, 0.1) is 0 Å². The molecular weight excluding hydrogens is 231 g/mol. The molecule has 1 heterocycles. The van der Waals surface area contributed by atoms with Crippen LogP contribution in [0.5, 0.6) is 0 Å². The number of hydrogen-bond acceptors (Lipinski definition) is 2. The van der Waals surface area contributed by atoms with Crippen molar-refractivity contribution in [2.24, 2.45) is 0 Å². The van der Waals surface area contributed by atoms with Crippen LogP contribution < -0.4 is 0 Å². The van der Waals surface area contributed by atoms with Gasteiger partial charge in [0, 0.05) is 12.6 Å². The maximum atomic E-state index is 12.3. The van der Waals surface area contributed by atoms with Crippen LogP contribution in [0.25, 0.3) is 0 Å². The molecule has 0 radical (unpaired) electrons. The van der Waals surface area contributed by atoms with E-state index in [2.05, 4.69) is 4.98 Å². The average molecular weight is 247 g/mol. The van der Waals surface area contributed by atoms with E-state index in [1.165, 1.54) is 0 Å². The van der Waals surface area contributed by atoms with Crippen molar-refractivity contribution in [1.29, 1.82) is 0 Å². The summed E-state index contributed by atoms with van der Waals surface area (Å²) in [6.07, 6.45) is -2.61. The number of halogens is 3. The van der Waals surface area contributed by atoms with Gasteiger partial charge in [0.05, 0.1) is 5.56 Å². The second-order valence-electron chi connectivity index (χ2n) is 3.10. The Hall–Kier alpha value is -1.39. The second-order valence-corrected chi connectivity index (χ2v) is 3.10. The largest absolute Gasteiger partial charge is 0.416 e. The predicted octanol–water partition coefficient (Wildman–Crippen LogP) is 4.11. The molecule has 0 saturated heterocycles. The lowest BCUT2D eigenvalue weighted by Crippen LogP contribution is -2.09. The van der Waals surface area contributed by atoms with Crippen molar-refractivity contribution in [1.82, 2.24) is 4.98 Å². The van der Waals surface area contributed by atoms with Gasteiger partial charge in [-0.1, -0.05) is 20.8 Å². The van der Waals surface area contributed by atoms with E-state index in [1.807, 2.05) is 13.8 Å². The Morgan fingerprint density at radius 1 is 1.35 bits per heavy atom. The van der Waals surface area contributed by atoms with E-state index in [-0.39, 0.29) is 17.9 Å². The maximum Gasteiger partial charge on any atom is 0.416 e. The van der Waals surface area contributed by atoms with Crippen molar-refractivity contribution in [3.63, 3.8) is 0 Å². The fourth-order valence-electron chi connectivity index (χ4n) is 1.11. The van der Waals surface area contributed by atoms with Gasteiger partial charge in [-0.3, -0.25) is 9.78 Å². The Balaban J connectivity index is 0.00000121. The van der Waals surface area contributed by atoms with Crippen LogP contribution in [-0.4, -0.2) is 10.8 Å². The first-order chi connectivity index (χ1) is 7.95. The third-order valence-corrected chi connectivity index (χ3v) is 1.85. The quantitative estimate of drug-likeness (QED) is 0.752. The van der Waals surface area contributed by atoms with Gasteiger partial charge in [-0.2, -0.15) is 13.2 Å². The summed E-state index contributed by atoms with van der Waals surface area (Å²) in [5.41, 5.74) is -0.955. The monoisotopic (exact) mass is 247 g/mol. The highest BCUT2D eigenvalue weighted by molar-refractivity contribution is 5.94. The molecular formula is C12H16F3NO. The molecule has 1 rings (SSSR count). The van der Waals surface area contributed by atoms with Crippen molar-refractivity contribution in [3.05, 3.63) is 29.6 Å². The molecule has 0 bridgehead atoms. The summed E-state index contributed by atoms with van der Waals surface area (Å²) < 4.78 is 36.8. The van der Waals surface area contributed by atoms with Gasteiger partial charge in [0.15, 0.2) is 5.78 Å². The Labute approximate surface area is 98.9 Å². The highest BCUT2D eigenvalue weighted by Crippen LogP contribution is 2.29. The van der Waals surface area contributed by atoms with E-state index in [1.54, 1.807) is 6.92 Å². The third-order valence-electron chi connectivity index (χ3n) is 1.85. The fraction of sp³-hybridized carbons (Fsp3) is 0.500. The van der Waals surface area contributed by atoms with E-state index in [0.717, 1.165) is 18.3 Å². The Morgan fingerprint density at radius 3 is 2.41 bits per heavy atom. The van der Waals surface area contributed by atoms with Crippen molar-refractivity contribution in [3.8, 4) is 0 Å². The maximum absolute atomic E-state index is 12.3. The van der Waals surface area contributed by atoms with Gasteiger partial charge in [0.25, 0.3) is 0 Å². The molecule has 1 aromatic rings. The van der Waals surface area contributed by atoms with Crippen LogP contribution in [0.1, 0.15) is 49.7 Å². The number of rotatable bonds is 3. The minimum Gasteiger partial charge on any atom is -0.292 e. The zero-order valence-corrected chi connectivity index (χ0v) is 10.1. The topological polar surface area (TPSA) is 30.0 Å². The molecule has 0 atom stereocenters. The lowest BCUT2D eigenvalue weighted by molar-refractivity contribution is -0.137. The highest BCUT2D eigenvalue weighted by Gasteiger charge is 2.31. The van der Waals surface area contributed by atoms with Crippen LogP contribution in [-0.2, 0) is 6.18 Å².